The lowest BCUT2D eigenvalue weighted by atomic mass is 9.71. The Morgan fingerprint density at radius 3 is 1.71 bits per heavy atom. The molecule has 0 aromatic rings. The second-order valence-electron chi connectivity index (χ2n) is 7.08. The van der Waals surface area contributed by atoms with E-state index in [1.165, 1.54) is 6.92 Å². The van der Waals surface area contributed by atoms with Crippen LogP contribution in [0.2, 0.25) is 0 Å². The van der Waals surface area contributed by atoms with Gasteiger partial charge in [-0.05, 0) is 24.2 Å². The Bertz CT molecular complexity index is 223. The highest BCUT2D eigenvalue weighted by molar-refractivity contribution is 4.86. The van der Waals surface area contributed by atoms with E-state index in [-0.39, 0.29) is 18.3 Å². The molecular weight excluding hydrogens is 225 g/mol. The molecule has 0 saturated heterocycles. The molecule has 0 rings (SSSR count). The third kappa shape index (κ3) is 6.32. The van der Waals surface area contributed by atoms with Crippen molar-refractivity contribution in [3.8, 4) is 0 Å². The van der Waals surface area contributed by atoms with Gasteiger partial charge in [-0.15, -0.1) is 0 Å². The lowest BCUT2D eigenvalue weighted by molar-refractivity contribution is -0.230. The van der Waals surface area contributed by atoms with Gasteiger partial charge in [0.15, 0.2) is 0 Å². The maximum Gasteiger partial charge on any atom is 0.394 e. The van der Waals surface area contributed by atoms with Gasteiger partial charge in [-0.2, -0.15) is 13.2 Å². The minimum Gasteiger partial charge on any atom is -0.171 e. The summed E-state index contributed by atoms with van der Waals surface area (Å²) in [6.07, 6.45) is -2.13. The van der Waals surface area contributed by atoms with E-state index >= 15 is 0 Å². The van der Waals surface area contributed by atoms with Crippen LogP contribution >= 0.6 is 0 Å². The van der Waals surface area contributed by atoms with Crippen LogP contribution in [0.3, 0.4) is 0 Å². The first-order valence-corrected chi connectivity index (χ1v) is 6.44. The Balaban J connectivity index is 4.64. The quantitative estimate of drug-likeness (QED) is 0.578. The lowest BCUT2D eigenvalue weighted by Crippen LogP contribution is -2.38. The van der Waals surface area contributed by atoms with Crippen molar-refractivity contribution in [1.82, 2.24) is 0 Å². The van der Waals surface area contributed by atoms with Crippen LogP contribution in [0.15, 0.2) is 0 Å². The second-order valence-corrected chi connectivity index (χ2v) is 7.08. The summed E-state index contributed by atoms with van der Waals surface area (Å²) in [7, 11) is 0. The van der Waals surface area contributed by atoms with E-state index in [9.17, 15) is 13.2 Å². The molecule has 1 atom stereocenters. The largest absolute Gasteiger partial charge is 0.394 e. The molecule has 17 heavy (non-hydrogen) atoms. The van der Waals surface area contributed by atoms with Crippen molar-refractivity contribution in [2.75, 3.05) is 0 Å². The van der Waals surface area contributed by atoms with E-state index in [0.717, 1.165) is 6.42 Å². The van der Waals surface area contributed by atoms with Gasteiger partial charge in [-0.25, -0.2) is 0 Å². The van der Waals surface area contributed by atoms with Gasteiger partial charge in [0.2, 0.25) is 0 Å². The van der Waals surface area contributed by atoms with Crippen LogP contribution in [-0.2, 0) is 0 Å². The molecule has 0 aliphatic heterocycles. The molecule has 0 spiro atoms. The molecule has 104 valence electrons. The normalized spacial score (nSPS) is 17.3. The maximum atomic E-state index is 13.2. The summed E-state index contributed by atoms with van der Waals surface area (Å²) in [5.41, 5.74) is -1.83. The fraction of sp³-hybridized carbons (Fsp3) is 1.00. The SMILES string of the molecule is CC(C)CCC[C@](C)(CC(C)(C)C)C(F)(F)F. The summed E-state index contributed by atoms with van der Waals surface area (Å²) in [5, 5.41) is 0. The van der Waals surface area contributed by atoms with E-state index in [1.54, 1.807) is 0 Å². The zero-order chi connectivity index (χ0) is 13.9. The molecule has 0 heterocycles. The van der Waals surface area contributed by atoms with Crippen molar-refractivity contribution >= 4 is 0 Å². The molecule has 0 saturated carbocycles. The fourth-order valence-corrected chi connectivity index (χ4v) is 2.40. The summed E-state index contributed by atoms with van der Waals surface area (Å²) >= 11 is 0. The standard InChI is InChI=1S/C14H27F3/c1-11(2)8-7-9-13(6,14(15,16)17)10-12(3,4)5/h11H,7-10H2,1-6H3/t13-/m1/s1. The summed E-state index contributed by atoms with van der Waals surface area (Å²) in [6, 6.07) is 0. The number of hydrogen-bond donors (Lipinski definition) is 0. The van der Waals surface area contributed by atoms with Crippen molar-refractivity contribution in [3.63, 3.8) is 0 Å². The molecule has 0 aromatic carbocycles. The number of halogens is 3. The predicted molar refractivity (Wildman–Crippen MR) is 66.9 cm³/mol. The third-order valence-corrected chi connectivity index (χ3v) is 3.11. The molecule has 0 radical (unpaired) electrons. The zero-order valence-electron chi connectivity index (χ0n) is 12.0. The van der Waals surface area contributed by atoms with Crippen LogP contribution in [0.1, 0.15) is 67.2 Å². The molecule has 0 nitrogen and oxygen atoms in total. The van der Waals surface area contributed by atoms with Crippen molar-refractivity contribution in [2.45, 2.75) is 73.4 Å². The molecule has 0 unspecified atom stereocenters. The number of rotatable bonds is 5. The van der Waals surface area contributed by atoms with Gasteiger partial charge in [-0.1, -0.05) is 54.4 Å². The van der Waals surface area contributed by atoms with Crippen molar-refractivity contribution in [3.05, 3.63) is 0 Å². The summed E-state index contributed by atoms with van der Waals surface area (Å²) in [4.78, 5) is 0. The molecule has 0 aromatic heterocycles. The first kappa shape index (κ1) is 16.8. The molecule has 0 N–H and O–H groups in total. The van der Waals surface area contributed by atoms with E-state index in [0.29, 0.717) is 12.3 Å². The van der Waals surface area contributed by atoms with Crippen molar-refractivity contribution in [2.24, 2.45) is 16.7 Å². The van der Waals surface area contributed by atoms with Gasteiger partial charge in [0.05, 0.1) is 5.41 Å². The maximum absolute atomic E-state index is 13.2. The van der Waals surface area contributed by atoms with Crippen LogP contribution < -0.4 is 0 Å². The zero-order valence-corrected chi connectivity index (χ0v) is 12.0. The van der Waals surface area contributed by atoms with Crippen LogP contribution in [0.25, 0.3) is 0 Å². The topological polar surface area (TPSA) is 0 Å². The first-order chi connectivity index (χ1) is 7.37. The molecule has 0 aliphatic carbocycles. The third-order valence-electron chi connectivity index (χ3n) is 3.11. The Morgan fingerprint density at radius 2 is 1.41 bits per heavy atom. The Morgan fingerprint density at radius 1 is 0.941 bits per heavy atom. The minimum absolute atomic E-state index is 0.196. The minimum atomic E-state index is -4.10. The first-order valence-electron chi connectivity index (χ1n) is 6.44. The predicted octanol–water partition coefficient (Wildman–Crippen LogP) is 5.82. The highest BCUT2D eigenvalue weighted by atomic mass is 19.4. The Kier molecular flexibility index (Phi) is 5.55. The van der Waals surface area contributed by atoms with Gasteiger partial charge in [0.25, 0.3) is 0 Å². The average molecular weight is 252 g/mol. The molecule has 3 heteroatoms. The highest BCUT2D eigenvalue weighted by Gasteiger charge is 2.51. The smallest absolute Gasteiger partial charge is 0.171 e. The van der Waals surface area contributed by atoms with Crippen LogP contribution in [0.4, 0.5) is 13.2 Å². The Labute approximate surface area is 104 Å². The van der Waals surface area contributed by atoms with E-state index < -0.39 is 11.6 Å². The summed E-state index contributed by atoms with van der Waals surface area (Å²) in [6.45, 7) is 11.1. The van der Waals surface area contributed by atoms with Crippen molar-refractivity contribution < 1.29 is 13.2 Å². The van der Waals surface area contributed by atoms with Crippen LogP contribution in [-0.4, -0.2) is 6.18 Å². The molecule has 0 amide bonds. The monoisotopic (exact) mass is 252 g/mol. The van der Waals surface area contributed by atoms with Crippen LogP contribution in [0, 0.1) is 16.7 Å². The molecule has 0 bridgehead atoms. The van der Waals surface area contributed by atoms with E-state index in [4.69, 9.17) is 0 Å². The highest BCUT2D eigenvalue weighted by Crippen LogP contribution is 2.49. The summed E-state index contributed by atoms with van der Waals surface area (Å²) in [5.74, 6) is 0.474. The molecular formula is C14H27F3. The van der Waals surface area contributed by atoms with Gasteiger partial charge in [0.1, 0.15) is 0 Å². The average Bonchev–Trinajstić information content (AvgIpc) is 1.96. The van der Waals surface area contributed by atoms with E-state index in [2.05, 4.69) is 13.8 Å². The molecule has 0 fully saturated rings. The number of alkyl halides is 3. The van der Waals surface area contributed by atoms with Crippen molar-refractivity contribution in [1.29, 1.82) is 0 Å². The number of hydrogen-bond acceptors (Lipinski definition) is 0. The lowest BCUT2D eigenvalue weighted by Gasteiger charge is -2.37. The van der Waals surface area contributed by atoms with Gasteiger partial charge >= 0.3 is 6.18 Å². The second kappa shape index (κ2) is 5.62. The fourth-order valence-electron chi connectivity index (χ4n) is 2.40. The van der Waals surface area contributed by atoms with E-state index in [1.807, 2.05) is 20.8 Å². The van der Waals surface area contributed by atoms with Gasteiger partial charge < -0.3 is 0 Å². The van der Waals surface area contributed by atoms with Gasteiger partial charge in [-0.3, -0.25) is 0 Å². The summed E-state index contributed by atoms with van der Waals surface area (Å²) < 4.78 is 39.5. The Hall–Kier alpha value is -0.210. The van der Waals surface area contributed by atoms with Crippen LogP contribution in [0.5, 0.6) is 0 Å². The van der Waals surface area contributed by atoms with Gasteiger partial charge in [0, 0.05) is 0 Å². The molecule has 0 aliphatic rings.